The van der Waals surface area contributed by atoms with Crippen LogP contribution >= 0.6 is 8.31 Å². The molecule has 1 nitrogen and oxygen atoms in total. The number of pyridine rings is 1. The van der Waals surface area contributed by atoms with Crippen LogP contribution in [0.2, 0.25) is 0 Å². The van der Waals surface area contributed by atoms with E-state index in [1.54, 1.807) is 0 Å². The van der Waals surface area contributed by atoms with Crippen LogP contribution in [-0.4, -0.2) is 24.7 Å². The van der Waals surface area contributed by atoms with Crippen molar-refractivity contribution >= 4 is 48.3 Å². The fourth-order valence-corrected chi connectivity index (χ4v) is 30.2. The quantitative estimate of drug-likeness (QED) is 0.265. The molecule has 3 heteroatoms. The summed E-state index contributed by atoms with van der Waals surface area (Å²) in [5.74, 6) is 0. The van der Waals surface area contributed by atoms with E-state index in [9.17, 15) is 0 Å². The van der Waals surface area contributed by atoms with Gasteiger partial charge in [-0.05, 0) is 0 Å². The van der Waals surface area contributed by atoms with Gasteiger partial charge in [0.2, 0.25) is 0 Å². The summed E-state index contributed by atoms with van der Waals surface area (Å²) in [5, 5.41) is 1.19. The molecule has 0 atom stereocenters. The van der Waals surface area contributed by atoms with Gasteiger partial charge in [-0.15, -0.1) is 0 Å². The molecule has 5 aromatic rings. The molecule has 0 saturated carbocycles. The molecule has 0 aliphatic heterocycles. The van der Waals surface area contributed by atoms with Crippen LogP contribution in [-0.2, 0) is 0 Å². The minimum absolute atomic E-state index is 1.09. The van der Waals surface area contributed by atoms with Crippen LogP contribution in [0.25, 0.3) is 10.9 Å². The number of benzene rings is 4. The molecule has 4 aromatic carbocycles. The normalized spacial score (nSPS) is 11.5. The van der Waals surface area contributed by atoms with Gasteiger partial charge in [-0.2, -0.15) is 0 Å². The van der Waals surface area contributed by atoms with Crippen molar-refractivity contribution in [2.75, 3.05) is 0 Å². The monoisotopic (exact) mass is 599 g/mol. The van der Waals surface area contributed by atoms with Crippen LogP contribution in [0, 0.1) is 0 Å². The van der Waals surface area contributed by atoms with Gasteiger partial charge in [-0.25, -0.2) is 0 Å². The summed E-state index contributed by atoms with van der Waals surface area (Å²) >= 11 is -3.61. The molecule has 0 fully saturated rings. The Balaban J connectivity index is 1.82. The summed E-state index contributed by atoms with van der Waals surface area (Å²) in [7, 11) is 2.08. The first-order valence-electron chi connectivity index (χ1n) is 10.1. The zero-order chi connectivity index (χ0) is 20.2. The molecule has 0 bridgehead atoms. The molecular weight excluding hydrogens is 578 g/mol. The number of nitrogens with zero attached hydrogens (tertiary/aromatic N) is 1. The SMILES string of the molecule is c1cc[c]([Pb]([S]c2cccc3cccnc23)([c]2ccccc2)[c]2ccccc2)cc1. The molecule has 5 rings (SSSR count). The molecule has 0 spiro atoms. The van der Waals surface area contributed by atoms with E-state index in [0.29, 0.717) is 0 Å². The second kappa shape index (κ2) is 8.74. The van der Waals surface area contributed by atoms with Crippen molar-refractivity contribution < 1.29 is 0 Å². The van der Waals surface area contributed by atoms with Gasteiger partial charge in [0.15, 0.2) is 0 Å². The average molecular weight is 599 g/mol. The van der Waals surface area contributed by atoms with Gasteiger partial charge in [0.05, 0.1) is 0 Å². The van der Waals surface area contributed by atoms with Gasteiger partial charge in [-0.3, -0.25) is 0 Å². The first-order chi connectivity index (χ1) is 14.9. The molecule has 144 valence electrons. The molecule has 1 heterocycles. The van der Waals surface area contributed by atoms with E-state index in [2.05, 4.69) is 124 Å². The van der Waals surface area contributed by atoms with Crippen molar-refractivity contribution in [3.8, 4) is 0 Å². The summed E-state index contributed by atoms with van der Waals surface area (Å²) in [4.78, 5) is 6.03. The number of rotatable bonds is 5. The predicted octanol–water partition coefficient (Wildman–Crippen LogP) is 4.99. The van der Waals surface area contributed by atoms with E-state index in [1.165, 1.54) is 19.6 Å². The molecule has 0 unspecified atom stereocenters. The maximum absolute atomic E-state index is 4.76. The van der Waals surface area contributed by atoms with Crippen LogP contribution in [0.5, 0.6) is 0 Å². The van der Waals surface area contributed by atoms with Crippen LogP contribution in [0.1, 0.15) is 0 Å². The zero-order valence-electron chi connectivity index (χ0n) is 16.5. The third-order valence-electron chi connectivity index (χ3n) is 5.40. The van der Waals surface area contributed by atoms with E-state index < -0.39 is 19.7 Å². The number of aromatic nitrogens is 1. The Labute approximate surface area is 184 Å². The van der Waals surface area contributed by atoms with Crippen LogP contribution < -0.4 is 9.37 Å². The third-order valence-corrected chi connectivity index (χ3v) is 32.0. The molecule has 0 aliphatic carbocycles. The van der Waals surface area contributed by atoms with Crippen molar-refractivity contribution in [1.82, 2.24) is 4.98 Å². The van der Waals surface area contributed by atoms with Crippen LogP contribution in [0.3, 0.4) is 0 Å². The van der Waals surface area contributed by atoms with Gasteiger partial charge in [-0.1, -0.05) is 0 Å². The fourth-order valence-electron chi connectivity index (χ4n) is 4.02. The van der Waals surface area contributed by atoms with Gasteiger partial charge in [0.1, 0.15) is 0 Å². The van der Waals surface area contributed by atoms with Crippen LogP contribution in [0.4, 0.5) is 0 Å². The second-order valence-corrected chi connectivity index (χ2v) is 27.6. The Hall–Kier alpha value is -2.44. The standard InChI is InChI=1S/C9H7NS.3C6H5.Pb/c11-8-5-1-3-7-4-2-6-10-9(7)8;3*1-2-4-6-5-3-1;/h1-6,11H;3*1-5H;/q;;;;+1/p-1. The van der Waals surface area contributed by atoms with Crippen molar-refractivity contribution in [3.05, 3.63) is 128 Å². The summed E-state index contributed by atoms with van der Waals surface area (Å²) in [6, 6.07) is 44.1. The van der Waals surface area contributed by atoms with E-state index in [0.717, 1.165) is 5.52 Å². The molecule has 0 radical (unpaired) electrons. The summed E-state index contributed by atoms with van der Waals surface area (Å²) in [6.07, 6.45) is 1.90. The first-order valence-corrected chi connectivity index (χ1v) is 21.5. The van der Waals surface area contributed by atoms with Crippen molar-refractivity contribution in [2.24, 2.45) is 0 Å². The van der Waals surface area contributed by atoms with Gasteiger partial charge in [0.25, 0.3) is 0 Å². The molecule has 0 saturated heterocycles. The molecule has 30 heavy (non-hydrogen) atoms. The summed E-state index contributed by atoms with van der Waals surface area (Å²) in [5.41, 5.74) is 1.09. The van der Waals surface area contributed by atoms with Gasteiger partial charge < -0.3 is 0 Å². The molecular formula is C27H21NPbS. The number of fused-ring (bicyclic) bond motifs is 1. The van der Waals surface area contributed by atoms with E-state index in [-0.39, 0.29) is 0 Å². The number of hydrogen-bond donors (Lipinski definition) is 0. The maximum atomic E-state index is 4.76. The number of para-hydroxylation sites is 1. The van der Waals surface area contributed by atoms with Crippen LogP contribution in [0.15, 0.2) is 132 Å². The third kappa shape index (κ3) is 3.59. The Kier molecular flexibility index (Phi) is 5.69. The van der Waals surface area contributed by atoms with Gasteiger partial charge >= 0.3 is 186 Å². The topological polar surface area (TPSA) is 12.9 Å². The Morgan fingerprint density at radius 1 is 0.500 bits per heavy atom. The number of hydrogen-bond acceptors (Lipinski definition) is 2. The summed E-state index contributed by atoms with van der Waals surface area (Å²) < 4.78 is 4.42. The molecule has 0 aliphatic rings. The zero-order valence-corrected chi connectivity index (χ0v) is 21.2. The van der Waals surface area contributed by atoms with Crippen molar-refractivity contribution in [3.63, 3.8) is 0 Å². The van der Waals surface area contributed by atoms with Crippen molar-refractivity contribution in [2.45, 2.75) is 4.90 Å². The minimum atomic E-state index is -3.61. The van der Waals surface area contributed by atoms with E-state index >= 15 is 0 Å². The predicted molar refractivity (Wildman–Crippen MR) is 132 cm³/mol. The Morgan fingerprint density at radius 3 is 1.53 bits per heavy atom. The van der Waals surface area contributed by atoms with Gasteiger partial charge in [0, 0.05) is 0 Å². The fraction of sp³-hybridized carbons (Fsp3) is 0. The second-order valence-electron chi connectivity index (χ2n) is 7.21. The molecule has 0 amide bonds. The average Bonchev–Trinajstić information content (AvgIpc) is 2.84. The van der Waals surface area contributed by atoms with E-state index in [4.69, 9.17) is 4.98 Å². The first kappa shape index (κ1) is 19.5. The molecule has 0 N–H and O–H groups in total. The van der Waals surface area contributed by atoms with Crippen molar-refractivity contribution in [1.29, 1.82) is 0 Å². The Bertz CT molecular complexity index is 1160. The van der Waals surface area contributed by atoms with E-state index in [1.807, 2.05) is 12.3 Å². The Morgan fingerprint density at radius 2 is 1.00 bits per heavy atom. The molecule has 1 aromatic heterocycles. The summed E-state index contributed by atoms with van der Waals surface area (Å²) in [6.45, 7) is 0.